The summed E-state index contributed by atoms with van der Waals surface area (Å²) < 4.78 is 0. The van der Waals surface area contributed by atoms with Gasteiger partial charge in [0, 0.05) is 5.75 Å². The normalized spacial score (nSPS) is 10.4. The third-order valence-electron chi connectivity index (χ3n) is 2.57. The molecule has 0 unspecified atom stereocenters. The SMILES string of the molecule is CCCCCCc1ccccc1C[S]. The van der Waals surface area contributed by atoms with Crippen LogP contribution >= 0.6 is 12.6 Å². The molecule has 0 fully saturated rings. The lowest BCUT2D eigenvalue weighted by Gasteiger charge is -2.06. The van der Waals surface area contributed by atoms with Crippen LogP contribution in [0.3, 0.4) is 0 Å². The van der Waals surface area contributed by atoms with E-state index in [1.54, 1.807) is 0 Å². The predicted molar refractivity (Wildman–Crippen MR) is 65.6 cm³/mol. The number of hydrogen-bond donors (Lipinski definition) is 0. The first kappa shape index (κ1) is 11.6. The second-order valence-electron chi connectivity index (χ2n) is 3.72. The van der Waals surface area contributed by atoms with Crippen LogP contribution in [0.2, 0.25) is 0 Å². The van der Waals surface area contributed by atoms with Crippen molar-refractivity contribution in [2.45, 2.75) is 44.8 Å². The van der Waals surface area contributed by atoms with Gasteiger partial charge in [0.05, 0.1) is 0 Å². The van der Waals surface area contributed by atoms with Gasteiger partial charge >= 0.3 is 0 Å². The summed E-state index contributed by atoms with van der Waals surface area (Å²) in [5.41, 5.74) is 2.80. The number of unbranched alkanes of at least 4 members (excludes halogenated alkanes) is 3. The van der Waals surface area contributed by atoms with Crippen LogP contribution in [0.25, 0.3) is 0 Å². The van der Waals surface area contributed by atoms with Crippen LogP contribution in [0.1, 0.15) is 43.7 Å². The summed E-state index contributed by atoms with van der Waals surface area (Å²) in [7, 11) is 0. The molecular formula is C13H19S. The third kappa shape index (κ3) is 3.75. The van der Waals surface area contributed by atoms with Crippen molar-refractivity contribution >= 4 is 12.6 Å². The van der Waals surface area contributed by atoms with Crippen molar-refractivity contribution in [2.24, 2.45) is 0 Å². The van der Waals surface area contributed by atoms with Gasteiger partial charge in [0.2, 0.25) is 0 Å². The molecule has 0 aliphatic carbocycles. The van der Waals surface area contributed by atoms with Crippen molar-refractivity contribution in [3.63, 3.8) is 0 Å². The fraction of sp³-hybridized carbons (Fsp3) is 0.538. The monoisotopic (exact) mass is 207 g/mol. The van der Waals surface area contributed by atoms with Crippen LogP contribution in [-0.4, -0.2) is 0 Å². The van der Waals surface area contributed by atoms with E-state index in [-0.39, 0.29) is 0 Å². The van der Waals surface area contributed by atoms with Crippen molar-refractivity contribution in [3.8, 4) is 0 Å². The summed E-state index contributed by atoms with van der Waals surface area (Å²) in [5.74, 6) is 0.754. The molecule has 0 nitrogen and oxygen atoms in total. The molecule has 0 aliphatic rings. The van der Waals surface area contributed by atoms with Crippen molar-refractivity contribution in [1.82, 2.24) is 0 Å². The molecule has 0 aliphatic heterocycles. The molecule has 0 atom stereocenters. The lowest BCUT2D eigenvalue weighted by molar-refractivity contribution is 0.665. The van der Waals surface area contributed by atoms with E-state index in [0.717, 1.165) is 5.75 Å². The van der Waals surface area contributed by atoms with E-state index < -0.39 is 0 Å². The van der Waals surface area contributed by atoms with E-state index in [2.05, 4.69) is 31.2 Å². The van der Waals surface area contributed by atoms with E-state index in [4.69, 9.17) is 12.6 Å². The van der Waals surface area contributed by atoms with Crippen LogP contribution < -0.4 is 0 Å². The maximum Gasteiger partial charge on any atom is 0.0291 e. The van der Waals surface area contributed by atoms with Crippen LogP contribution in [0.5, 0.6) is 0 Å². The zero-order valence-corrected chi connectivity index (χ0v) is 9.78. The molecular weight excluding hydrogens is 188 g/mol. The highest BCUT2D eigenvalue weighted by Crippen LogP contribution is 2.14. The Bertz CT molecular complexity index is 255. The Labute approximate surface area is 93.1 Å². The molecule has 0 amide bonds. The average Bonchev–Trinajstić information content (AvgIpc) is 2.25. The molecule has 1 aromatic rings. The quantitative estimate of drug-likeness (QED) is 0.602. The number of rotatable bonds is 6. The van der Waals surface area contributed by atoms with Gasteiger partial charge in [0.15, 0.2) is 0 Å². The van der Waals surface area contributed by atoms with Crippen molar-refractivity contribution in [2.75, 3.05) is 0 Å². The van der Waals surface area contributed by atoms with Crippen molar-refractivity contribution in [3.05, 3.63) is 35.4 Å². The predicted octanol–water partition coefficient (Wildman–Crippen LogP) is 4.51. The molecule has 0 N–H and O–H groups in total. The lowest BCUT2D eigenvalue weighted by atomic mass is 10.0. The van der Waals surface area contributed by atoms with Crippen LogP contribution in [-0.2, 0) is 12.2 Å². The molecule has 0 saturated heterocycles. The minimum atomic E-state index is 0.754. The Morgan fingerprint density at radius 3 is 2.36 bits per heavy atom. The minimum absolute atomic E-state index is 0.754. The summed E-state index contributed by atoms with van der Waals surface area (Å²) in [4.78, 5) is 0. The minimum Gasteiger partial charge on any atom is -0.0890 e. The highest BCUT2D eigenvalue weighted by Gasteiger charge is 1.99. The Hall–Kier alpha value is -0.430. The summed E-state index contributed by atoms with van der Waals surface area (Å²) in [6.07, 6.45) is 6.52. The largest absolute Gasteiger partial charge is 0.0890 e. The first-order chi connectivity index (χ1) is 6.88. The highest BCUT2D eigenvalue weighted by atomic mass is 32.1. The van der Waals surface area contributed by atoms with Crippen LogP contribution in [0, 0.1) is 0 Å². The van der Waals surface area contributed by atoms with Gasteiger partial charge in [-0.1, -0.05) is 63.1 Å². The molecule has 1 rings (SSSR count). The van der Waals surface area contributed by atoms with Gasteiger partial charge in [-0.15, -0.1) is 0 Å². The second-order valence-corrected chi connectivity index (χ2v) is 4.01. The average molecular weight is 207 g/mol. The lowest BCUT2D eigenvalue weighted by Crippen LogP contribution is -1.91. The van der Waals surface area contributed by atoms with Gasteiger partial charge in [-0.25, -0.2) is 0 Å². The number of aryl methyl sites for hydroxylation is 1. The zero-order valence-electron chi connectivity index (χ0n) is 8.96. The molecule has 0 saturated carbocycles. The Morgan fingerprint density at radius 2 is 1.71 bits per heavy atom. The molecule has 0 heterocycles. The first-order valence-corrected chi connectivity index (χ1v) is 6.11. The molecule has 77 valence electrons. The second kappa shape index (κ2) is 6.94. The fourth-order valence-electron chi connectivity index (χ4n) is 1.68. The topological polar surface area (TPSA) is 0 Å². The van der Waals surface area contributed by atoms with Gasteiger partial charge in [-0.3, -0.25) is 0 Å². The van der Waals surface area contributed by atoms with Gasteiger partial charge in [0.1, 0.15) is 0 Å². The van der Waals surface area contributed by atoms with E-state index in [0.29, 0.717) is 0 Å². The Morgan fingerprint density at radius 1 is 1.00 bits per heavy atom. The zero-order chi connectivity index (χ0) is 10.2. The van der Waals surface area contributed by atoms with Crippen LogP contribution in [0.15, 0.2) is 24.3 Å². The van der Waals surface area contributed by atoms with E-state index in [1.807, 2.05) is 0 Å². The maximum absolute atomic E-state index is 5.11. The van der Waals surface area contributed by atoms with Crippen LogP contribution in [0.4, 0.5) is 0 Å². The Balaban J connectivity index is 2.41. The maximum atomic E-state index is 5.11. The van der Waals surface area contributed by atoms with E-state index in [9.17, 15) is 0 Å². The van der Waals surface area contributed by atoms with E-state index >= 15 is 0 Å². The Kier molecular flexibility index (Phi) is 5.77. The van der Waals surface area contributed by atoms with Crippen molar-refractivity contribution < 1.29 is 0 Å². The molecule has 1 aromatic carbocycles. The highest BCUT2D eigenvalue weighted by molar-refractivity contribution is 7.79. The molecule has 0 spiro atoms. The summed E-state index contributed by atoms with van der Waals surface area (Å²) >= 11 is 5.11. The van der Waals surface area contributed by atoms with E-state index in [1.165, 1.54) is 43.2 Å². The summed E-state index contributed by atoms with van der Waals surface area (Å²) in [6.45, 7) is 2.25. The smallest absolute Gasteiger partial charge is 0.0291 e. The molecule has 14 heavy (non-hydrogen) atoms. The fourth-order valence-corrected chi connectivity index (χ4v) is 1.97. The number of hydrogen-bond acceptors (Lipinski definition) is 0. The molecule has 0 aromatic heterocycles. The van der Waals surface area contributed by atoms with Gasteiger partial charge in [-0.2, -0.15) is 0 Å². The summed E-state index contributed by atoms with van der Waals surface area (Å²) in [5, 5.41) is 0. The first-order valence-electron chi connectivity index (χ1n) is 5.53. The van der Waals surface area contributed by atoms with Gasteiger partial charge < -0.3 is 0 Å². The summed E-state index contributed by atoms with van der Waals surface area (Å²) in [6, 6.07) is 8.57. The third-order valence-corrected chi connectivity index (χ3v) is 2.88. The van der Waals surface area contributed by atoms with Gasteiger partial charge in [-0.05, 0) is 24.0 Å². The van der Waals surface area contributed by atoms with Crippen molar-refractivity contribution in [1.29, 1.82) is 0 Å². The number of benzene rings is 1. The molecule has 1 radical (unpaired) electrons. The standard InChI is InChI=1S/C13H19S/c1-2-3-4-5-8-12-9-6-7-10-13(12)11-14/h6-7,9-10H,2-5,8,11H2,1H3. The van der Waals surface area contributed by atoms with Gasteiger partial charge in [0.25, 0.3) is 0 Å². The molecule has 0 bridgehead atoms. The molecule has 1 heteroatoms.